The summed E-state index contributed by atoms with van der Waals surface area (Å²) in [5.41, 5.74) is 7.01. The second-order valence-electron chi connectivity index (χ2n) is 11.7. The van der Waals surface area contributed by atoms with Crippen LogP contribution in [0.3, 0.4) is 0 Å². The van der Waals surface area contributed by atoms with Crippen LogP contribution >= 0.6 is 0 Å². The Balaban J connectivity index is 1.63. The van der Waals surface area contributed by atoms with E-state index in [1.165, 1.54) is 43.1 Å². The Morgan fingerprint density at radius 2 is 1.83 bits per heavy atom. The minimum atomic E-state index is -3.86. The average Bonchev–Trinajstić information content (AvgIpc) is 3.51. The van der Waals surface area contributed by atoms with E-state index in [2.05, 4.69) is 10.3 Å². The van der Waals surface area contributed by atoms with Crippen molar-refractivity contribution in [1.82, 2.24) is 9.88 Å². The number of benzene rings is 3. The number of nitrogens with zero attached hydrogens (tertiary/aromatic N) is 3. The molecule has 2 amide bonds. The Hall–Kier alpha value is -4.78. The summed E-state index contributed by atoms with van der Waals surface area (Å²) in [5.74, 6) is -1.93. The molecular formula is C33H35F2N5O5S. The third-order valence-corrected chi connectivity index (χ3v) is 10.7. The van der Waals surface area contributed by atoms with Crippen LogP contribution < -0.4 is 16.0 Å². The van der Waals surface area contributed by atoms with Gasteiger partial charge in [-0.05, 0) is 98.7 Å². The molecule has 13 heteroatoms. The SMILES string of the molecule is Cc1cc([C@H](Nc2ccc3c(N)nccc3c2)C(=O)N2CCC[C@@H]2c2cc(N(C)C(=O)O)ccc2S(=O)(=O)C(C)C)c(F)cc1F. The number of halogens is 2. The molecule has 5 rings (SSSR count). The molecule has 1 fully saturated rings. The van der Waals surface area contributed by atoms with Crippen molar-refractivity contribution in [1.29, 1.82) is 0 Å². The van der Waals surface area contributed by atoms with Gasteiger partial charge in [0.25, 0.3) is 0 Å². The number of hydrogen-bond acceptors (Lipinski definition) is 7. The van der Waals surface area contributed by atoms with Crippen LogP contribution in [-0.4, -0.2) is 54.3 Å². The smallest absolute Gasteiger partial charge is 0.411 e. The van der Waals surface area contributed by atoms with Crippen molar-refractivity contribution in [3.05, 3.63) is 89.1 Å². The Bertz CT molecular complexity index is 1950. The lowest BCUT2D eigenvalue weighted by molar-refractivity contribution is -0.133. The van der Waals surface area contributed by atoms with Gasteiger partial charge < -0.3 is 21.1 Å². The third-order valence-electron chi connectivity index (χ3n) is 8.43. The molecule has 1 saturated heterocycles. The molecule has 46 heavy (non-hydrogen) atoms. The molecule has 4 N–H and O–H groups in total. The van der Waals surface area contributed by atoms with Crippen LogP contribution in [0.1, 0.15) is 55.5 Å². The molecule has 1 aliphatic heterocycles. The number of rotatable bonds is 8. The van der Waals surface area contributed by atoms with Crippen molar-refractivity contribution in [2.45, 2.75) is 55.8 Å². The number of aryl methyl sites for hydroxylation is 1. The molecule has 10 nitrogen and oxygen atoms in total. The summed E-state index contributed by atoms with van der Waals surface area (Å²) in [4.78, 5) is 32.8. The molecule has 0 aliphatic carbocycles. The number of fused-ring (bicyclic) bond motifs is 1. The molecule has 1 aromatic heterocycles. The highest BCUT2D eigenvalue weighted by Gasteiger charge is 2.39. The third kappa shape index (κ3) is 6.06. The van der Waals surface area contributed by atoms with Crippen molar-refractivity contribution in [2.75, 3.05) is 29.5 Å². The number of carbonyl (C=O) groups is 2. The molecule has 0 spiro atoms. The molecule has 2 heterocycles. The van der Waals surface area contributed by atoms with Gasteiger partial charge in [-0.3, -0.25) is 9.69 Å². The zero-order valence-corrected chi connectivity index (χ0v) is 26.6. The molecule has 242 valence electrons. The molecule has 1 aliphatic rings. The number of hydrogen-bond donors (Lipinski definition) is 3. The fraction of sp³-hybridized carbons (Fsp3) is 0.303. The van der Waals surface area contributed by atoms with Gasteiger partial charge >= 0.3 is 6.09 Å². The molecule has 0 unspecified atom stereocenters. The zero-order chi connectivity index (χ0) is 33.5. The zero-order valence-electron chi connectivity index (χ0n) is 25.8. The summed E-state index contributed by atoms with van der Waals surface area (Å²) in [6.07, 6.45) is 1.19. The van der Waals surface area contributed by atoms with Gasteiger partial charge in [-0.15, -0.1) is 0 Å². The minimum absolute atomic E-state index is 0.0104. The number of carboxylic acid groups (broad SMARTS) is 1. The maximum absolute atomic E-state index is 15.5. The summed E-state index contributed by atoms with van der Waals surface area (Å²) in [7, 11) is -2.52. The number of amides is 2. The van der Waals surface area contributed by atoms with E-state index in [1.807, 2.05) is 0 Å². The van der Waals surface area contributed by atoms with E-state index in [0.29, 0.717) is 29.7 Å². The van der Waals surface area contributed by atoms with Crippen LogP contribution in [0.25, 0.3) is 10.8 Å². The van der Waals surface area contributed by atoms with Crippen LogP contribution in [0, 0.1) is 18.6 Å². The molecule has 4 aromatic rings. The summed E-state index contributed by atoms with van der Waals surface area (Å²) in [5, 5.41) is 13.4. The van der Waals surface area contributed by atoms with Crippen LogP contribution in [0.4, 0.5) is 30.8 Å². The van der Waals surface area contributed by atoms with Gasteiger partial charge in [0.2, 0.25) is 5.91 Å². The van der Waals surface area contributed by atoms with Crippen molar-refractivity contribution in [2.24, 2.45) is 0 Å². The number of likely N-dealkylation sites (tertiary alicyclic amines) is 1. The lowest BCUT2D eigenvalue weighted by Gasteiger charge is -2.32. The maximum Gasteiger partial charge on any atom is 0.411 e. The number of sulfone groups is 1. The monoisotopic (exact) mass is 651 g/mol. The van der Waals surface area contributed by atoms with Gasteiger partial charge in [-0.2, -0.15) is 0 Å². The highest BCUT2D eigenvalue weighted by molar-refractivity contribution is 7.92. The number of anilines is 3. The second-order valence-corrected chi connectivity index (χ2v) is 14.2. The maximum atomic E-state index is 15.5. The van der Waals surface area contributed by atoms with Gasteiger partial charge in [0.1, 0.15) is 23.5 Å². The van der Waals surface area contributed by atoms with Gasteiger partial charge in [-0.25, -0.2) is 27.0 Å². The summed E-state index contributed by atoms with van der Waals surface area (Å²) in [6, 6.07) is 11.1. The van der Waals surface area contributed by atoms with Crippen molar-refractivity contribution < 1.29 is 31.9 Å². The highest BCUT2D eigenvalue weighted by Crippen LogP contribution is 2.41. The minimum Gasteiger partial charge on any atom is -0.465 e. The topological polar surface area (TPSA) is 146 Å². The normalized spacial score (nSPS) is 15.7. The average molecular weight is 652 g/mol. The lowest BCUT2D eigenvalue weighted by Crippen LogP contribution is -2.38. The highest BCUT2D eigenvalue weighted by atomic mass is 32.2. The second kappa shape index (κ2) is 12.5. The predicted molar refractivity (Wildman–Crippen MR) is 172 cm³/mol. The summed E-state index contributed by atoms with van der Waals surface area (Å²) in [6.45, 7) is 4.78. The molecule has 0 radical (unpaired) electrons. The summed E-state index contributed by atoms with van der Waals surface area (Å²) >= 11 is 0. The van der Waals surface area contributed by atoms with Gasteiger partial charge in [-0.1, -0.05) is 0 Å². The van der Waals surface area contributed by atoms with Gasteiger partial charge in [0.15, 0.2) is 9.84 Å². The number of pyridine rings is 1. The van der Waals surface area contributed by atoms with E-state index in [4.69, 9.17) is 5.73 Å². The first kappa shape index (κ1) is 32.6. The van der Waals surface area contributed by atoms with Crippen LogP contribution in [-0.2, 0) is 14.6 Å². The standard InChI is InChI=1S/C33H35F2N5O5S/c1-18(2)46(44,45)29-10-8-22(39(4)33(42)43)16-25(29)28-6-5-13-40(28)32(41)30(24-14-19(3)26(34)17-27(24)35)38-21-7-9-23-20(15-21)11-12-37-31(23)36/h7-12,14-18,28,30,38H,5-6,13H2,1-4H3,(H2,36,37)(H,42,43)/t28-,30+/m1/s1. The molecule has 0 bridgehead atoms. The fourth-order valence-corrected chi connectivity index (χ4v) is 7.07. The van der Waals surface area contributed by atoms with Crippen LogP contribution in [0.2, 0.25) is 0 Å². The van der Waals surface area contributed by atoms with Crippen LogP contribution in [0.15, 0.2) is 65.7 Å². The van der Waals surface area contributed by atoms with Crippen molar-refractivity contribution in [3.63, 3.8) is 0 Å². The van der Waals surface area contributed by atoms with E-state index in [9.17, 15) is 27.5 Å². The Kier molecular flexibility index (Phi) is 8.89. The Morgan fingerprint density at radius 1 is 1.09 bits per heavy atom. The number of nitrogens with two attached hydrogens (primary N) is 1. The Morgan fingerprint density at radius 3 is 2.52 bits per heavy atom. The molecule has 2 atom stereocenters. The van der Waals surface area contributed by atoms with Crippen molar-refractivity contribution in [3.8, 4) is 0 Å². The lowest BCUT2D eigenvalue weighted by atomic mass is 9.99. The van der Waals surface area contributed by atoms with E-state index in [-0.39, 0.29) is 33.8 Å². The van der Waals surface area contributed by atoms with E-state index < -0.39 is 50.8 Å². The van der Waals surface area contributed by atoms with E-state index in [0.717, 1.165) is 16.4 Å². The predicted octanol–water partition coefficient (Wildman–Crippen LogP) is 6.22. The number of nitrogen functional groups attached to an aromatic ring is 1. The van der Waals surface area contributed by atoms with Gasteiger partial charge in [0.05, 0.1) is 16.2 Å². The largest absolute Gasteiger partial charge is 0.465 e. The first-order valence-corrected chi connectivity index (χ1v) is 16.3. The van der Waals surface area contributed by atoms with Crippen molar-refractivity contribution >= 4 is 49.8 Å². The quantitative estimate of drug-likeness (QED) is 0.204. The molecular weight excluding hydrogens is 616 g/mol. The van der Waals surface area contributed by atoms with E-state index in [1.54, 1.807) is 44.3 Å². The molecule has 3 aromatic carbocycles. The molecule has 0 saturated carbocycles. The summed E-state index contributed by atoms with van der Waals surface area (Å²) < 4.78 is 56.8. The fourth-order valence-electron chi connectivity index (χ4n) is 5.78. The number of nitrogens with one attached hydrogen (secondary N) is 1. The van der Waals surface area contributed by atoms with E-state index >= 15 is 4.39 Å². The van der Waals surface area contributed by atoms with Crippen LogP contribution in [0.5, 0.6) is 0 Å². The first-order valence-electron chi connectivity index (χ1n) is 14.7. The number of aromatic nitrogens is 1. The Labute approximate surface area is 265 Å². The van der Waals surface area contributed by atoms with Gasteiger partial charge in [0, 0.05) is 48.2 Å². The first-order chi connectivity index (χ1) is 21.7. The number of carbonyl (C=O) groups excluding carboxylic acids is 1.